The van der Waals surface area contributed by atoms with Crippen LogP contribution in [-0.4, -0.2) is 14.5 Å². The third-order valence-corrected chi connectivity index (χ3v) is 2.20. The summed E-state index contributed by atoms with van der Waals surface area (Å²) in [5.41, 5.74) is 1.27. The summed E-state index contributed by atoms with van der Waals surface area (Å²) in [5.74, 6) is 0. The van der Waals surface area contributed by atoms with Crippen LogP contribution in [0.15, 0.2) is 45.9 Å². The van der Waals surface area contributed by atoms with Gasteiger partial charge in [0.25, 0.3) is 0 Å². The summed E-state index contributed by atoms with van der Waals surface area (Å²) >= 11 is 0. The van der Waals surface area contributed by atoms with Crippen LogP contribution >= 0.6 is 0 Å². The van der Waals surface area contributed by atoms with Crippen LogP contribution in [0, 0.1) is 0 Å². The second kappa shape index (κ2) is 2.84. The molecule has 5 nitrogen and oxygen atoms in total. The molecule has 0 atom stereocenters. The number of fused-ring (bicyclic) bond motifs is 1. The summed E-state index contributed by atoms with van der Waals surface area (Å²) < 4.78 is 6.50. The molecule has 3 rings (SSSR count). The van der Waals surface area contributed by atoms with Gasteiger partial charge < -0.3 is 9.40 Å². The predicted molar refractivity (Wildman–Crippen MR) is 54.0 cm³/mol. The van der Waals surface area contributed by atoms with Crippen molar-refractivity contribution in [1.29, 1.82) is 0 Å². The van der Waals surface area contributed by atoms with Gasteiger partial charge in [-0.3, -0.25) is 0 Å². The van der Waals surface area contributed by atoms with Gasteiger partial charge in [0.15, 0.2) is 0 Å². The van der Waals surface area contributed by atoms with Gasteiger partial charge in [-0.2, -0.15) is 0 Å². The van der Waals surface area contributed by atoms with Crippen LogP contribution in [0.4, 0.5) is 0 Å². The van der Waals surface area contributed by atoms with E-state index in [1.54, 1.807) is 0 Å². The van der Waals surface area contributed by atoms with Gasteiger partial charge in [0.1, 0.15) is 6.26 Å². The molecule has 0 aliphatic rings. The van der Waals surface area contributed by atoms with Crippen molar-refractivity contribution in [3.63, 3.8) is 0 Å². The molecule has 0 bridgehead atoms. The standard InChI is InChI=1S/C10H7N3O2/c14-9-12-7-3-1-2-4-8(7)13(9)10-11-5-6-15-10/h1-6H,(H,12,14). The smallest absolute Gasteiger partial charge is 0.334 e. The fourth-order valence-electron chi connectivity index (χ4n) is 1.57. The zero-order valence-corrected chi connectivity index (χ0v) is 7.68. The molecular formula is C10H7N3O2. The molecule has 1 aromatic carbocycles. The van der Waals surface area contributed by atoms with Gasteiger partial charge in [0, 0.05) is 0 Å². The van der Waals surface area contributed by atoms with Crippen LogP contribution in [0.1, 0.15) is 0 Å². The highest BCUT2D eigenvalue weighted by Crippen LogP contribution is 2.12. The minimum Gasteiger partial charge on any atom is -0.431 e. The number of para-hydroxylation sites is 2. The minimum absolute atomic E-state index is 0.251. The second-order valence-corrected chi connectivity index (χ2v) is 3.10. The maximum atomic E-state index is 11.6. The fraction of sp³-hybridized carbons (Fsp3) is 0. The van der Waals surface area contributed by atoms with Crippen LogP contribution in [0.25, 0.3) is 17.0 Å². The van der Waals surface area contributed by atoms with Gasteiger partial charge >= 0.3 is 11.7 Å². The highest BCUT2D eigenvalue weighted by atomic mass is 16.4. The Bertz CT molecular complexity index is 649. The summed E-state index contributed by atoms with van der Waals surface area (Å²) in [6, 6.07) is 7.65. The molecule has 0 saturated heterocycles. The van der Waals surface area contributed by atoms with Gasteiger partial charge in [-0.05, 0) is 12.1 Å². The predicted octanol–water partition coefficient (Wildman–Crippen LogP) is 1.31. The maximum absolute atomic E-state index is 11.6. The molecule has 0 fully saturated rings. The molecule has 2 aromatic heterocycles. The van der Waals surface area contributed by atoms with E-state index in [0.717, 1.165) is 11.0 Å². The normalized spacial score (nSPS) is 10.9. The van der Waals surface area contributed by atoms with Crippen LogP contribution in [-0.2, 0) is 0 Å². The Balaban J connectivity index is 2.44. The molecule has 0 aliphatic heterocycles. The van der Waals surface area contributed by atoms with E-state index in [4.69, 9.17) is 4.42 Å². The average Bonchev–Trinajstić information content (AvgIpc) is 2.82. The van der Waals surface area contributed by atoms with Crippen LogP contribution in [0.2, 0.25) is 0 Å². The number of H-pyrrole nitrogens is 1. The lowest BCUT2D eigenvalue weighted by molar-refractivity contribution is 0.527. The quantitative estimate of drug-likeness (QED) is 0.645. The summed E-state index contributed by atoms with van der Waals surface area (Å²) in [6.45, 7) is 0. The monoisotopic (exact) mass is 201 g/mol. The first-order valence-electron chi connectivity index (χ1n) is 4.46. The minimum atomic E-state index is -0.251. The molecule has 2 heterocycles. The zero-order valence-electron chi connectivity index (χ0n) is 7.68. The van der Waals surface area contributed by atoms with Crippen LogP contribution in [0.5, 0.6) is 0 Å². The molecule has 1 N–H and O–H groups in total. The third-order valence-electron chi connectivity index (χ3n) is 2.20. The number of oxazole rings is 1. The molecule has 0 unspecified atom stereocenters. The molecule has 74 valence electrons. The van der Waals surface area contributed by atoms with Gasteiger partial charge in [-0.1, -0.05) is 12.1 Å². The first-order chi connectivity index (χ1) is 7.36. The number of rotatable bonds is 1. The maximum Gasteiger partial charge on any atom is 0.334 e. The van der Waals surface area contributed by atoms with E-state index in [0.29, 0.717) is 0 Å². The number of nitrogens with zero attached hydrogens (tertiary/aromatic N) is 2. The topological polar surface area (TPSA) is 63.8 Å². The number of aromatic nitrogens is 3. The molecular weight excluding hydrogens is 194 g/mol. The molecule has 0 radical (unpaired) electrons. The van der Waals surface area contributed by atoms with Crippen molar-refractivity contribution in [3.05, 3.63) is 47.2 Å². The molecule has 15 heavy (non-hydrogen) atoms. The first-order valence-corrected chi connectivity index (χ1v) is 4.46. The Hall–Kier alpha value is -2.30. The highest BCUT2D eigenvalue weighted by Gasteiger charge is 2.10. The van der Waals surface area contributed by atoms with Crippen molar-refractivity contribution in [1.82, 2.24) is 14.5 Å². The molecule has 5 heteroatoms. The number of aromatic amines is 1. The van der Waals surface area contributed by atoms with Gasteiger partial charge in [0.05, 0.1) is 17.2 Å². The third kappa shape index (κ3) is 1.10. The molecule has 0 spiro atoms. The first kappa shape index (κ1) is 8.05. The summed E-state index contributed by atoms with van der Waals surface area (Å²) in [4.78, 5) is 18.3. The number of benzene rings is 1. The van der Waals surface area contributed by atoms with Crippen molar-refractivity contribution in [3.8, 4) is 6.01 Å². The van der Waals surface area contributed by atoms with E-state index in [2.05, 4.69) is 9.97 Å². The SMILES string of the molecule is O=c1[nH]c2ccccc2n1-c1ncco1. The Morgan fingerprint density at radius 2 is 2.20 bits per heavy atom. The second-order valence-electron chi connectivity index (χ2n) is 3.10. The van der Waals surface area contributed by atoms with E-state index in [9.17, 15) is 4.79 Å². The van der Waals surface area contributed by atoms with Gasteiger partial charge in [0.2, 0.25) is 0 Å². The number of hydrogen-bond donors (Lipinski definition) is 1. The van der Waals surface area contributed by atoms with E-state index < -0.39 is 0 Å². The number of hydrogen-bond acceptors (Lipinski definition) is 3. The number of imidazole rings is 1. The van der Waals surface area contributed by atoms with Crippen molar-refractivity contribution in [2.75, 3.05) is 0 Å². The highest BCUT2D eigenvalue weighted by molar-refractivity contribution is 5.76. The lowest BCUT2D eigenvalue weighted by Crippen LogP contribution is -2.14. The van der Waals surface area contributed by atoms with Gasteiger partial charge in [-0.15, -0.1) is 0 Å². The average molecular weight is 201 g/mol. The Kier molecular flexibility index (Phi) is 1.53. The van der Waals surface area contributed by atoms with E-state index in [1.165, 1.54) is 17.0 Å². The molecule has 3 aromatic rings. The Morgan fingerprint density at radius 1 is 1.33 bits per heavy atom. The van der Waals surface area contributed by atoms with Crippen LogP contribution in [0.3, 0.4) is 0 Å². The Labute approximate surface area is 84.0 Å². The van der Waals surface area contributed by atoms with E-state index >= 15 is 0 Å². The lowest BCUT2D eigenvalue weighted by atomic mass is 10.3. The van der Waals surface area contributed by atoms with Gasteiger partial charge in [-0.25, -0.2) is 14.3 Å². The summed E-state index contributed by atoms with van der Waals surface area (Å²) in [6.07, 6.45) is 2.94. The molecule has 0 saturated carbocycles. The van der Waals surface area contributed by atoms with E-state index in [1.807, 2.05) is 24.3 Å². The largest absolute Gasteiger partial charge is 0.431 e. The van der Waals surface area contributed by atoms with Crippen molar-refractivity contribution < 1.29 is 4.42 Å². The Morgan fingerprint density at radius 3 is 3.00 bits per heavy atom. The van der Waals surface area contributed by atoms with Crippen LogP contribution < -0.4 is 5.69 Å². The lowest BCUT2D eigenvalue weighted by Gasteiger charge is -1.94. The fourth-order valence-corrected chi connectivity index (χ4v) is 1.57. The van der Waals surface area contributed by atoms with Crippen molar-refractivity contribution in [2.24, 2.45) is 0 Å². The van der Waals surface area contributed by atoms with Crippen molar-refractivity contribution in [2.45, 2.75) is 0 Å². The summed E-state index contributed by atoms with van der Waals surface area (Å²) in [5, 5.41) is 0. The van der Waals surface area contributed by atoms with E-state index in [-0.39, 0.29) is 11.7 Å². The summed E-state index contributed by atoms with van der Waals surface area (Å²) in [7, 11) is 0. The zero-order chi connectivity index (χ0) is 10.3. The molecule has 0 aliphatic carbocycles. The van der Waals surface area contributed by atoms with Crippen molar-refractivity contribution >= 4 is 11.0 Å². The molecule has 0 amide bonds. The number of nitrogens with one attached hydrogen (secondary N) is 1.